The van der Waals surface area contributed by atoms with Gasteiger partial charge in [-0.05, 0) is 68.5 Å². The molecular weight excluding hydrogens is 450 g/mol. The molecule has 1 atom stereocenters. The number of amidine groups is 1. The Kier molecular flexibility index (Phi) is 5.35. The van der Waals surface area contributed by atoms with Crippen LogP contribution < -0.4 is 11.6 Å². The maximum Gasteiger partial charge on any atom is 0.264 e. The minimum absolute atomic E-state index is 0.0288. The molecule has 8 nitrogen and oxygen atoms in total. The summed E-state index contributed by atoms with van der Waals surface area (Å²) < 4.78 is -0.0288. The molecular formula is C28H28N7O+. The van der Waals surface area contributed by atoms with Crippen molar-refractivity contribution in [2.45, 2.75) is 32.6 Å². The van der Waals surface area contributed by atoms with Crippen molar-refractivity contribution in [1.29, 1.82) is 0 Å². The van der Waals surface area contributed by atoms with Gasteiger partial charge < -0.3 is 5.73 Å². The van der Waals surface area contributed by atoms with Crippen LogP contribution in [0.4, 0.5) is 0 Å². The van der Waals surface area contributed by atoms with E-state index in [4.69, 9.17) is 21.6 Å². The highest BCUT2D eigenvalue weighted by atomic mass is 16.1. The summed E-state index contributed by atoms with van der Waals surface area (Å²) >= 11 is 0. The Morgan fingerprint density at radius 2 is 1.89 bits per heavy atom. The van der Waals surface area contributed by atoms with E-state index < -0.39 is 0 Å². The molecule has 0 bridgehead atoms. The van der Waals surface area contributed by atoms with Gasteiger partial charge in [-0.15, -0.1) is 4.59 Å². The van der Waals surface area contributed by atoms with Crippen molar-refractivity contribution < 1.29 is 9.39 Å². The van der Waals surface area contributed by atoms with E-state index in [2.05, 4.69) is 41.2 Å². The van der Waals surface area contributed by atoms with Crippen LogP contribution >= 0.6 is 0 Å². The summed E-state index contributed by atoms with van der Waals surface area (Å²) in [6, 6.07) is 14.1. The second-order valence-electron chi connectivity index (χ2n) is 9.78. The Morgan fingerprint density at radius 1 is 1.06 bits per heavy atom. The van der Waals surface area contributed by atoms with Gasteiger partial charge in [0.1, 0.15) is 11.9 Å². The molecule has 1 aliphatic carbocycles. The normalized spacial score (nSPS) is 25.2. The monoisotopic (exact) mass is 478 g/mol. The summed E-state index contributed by atoms with van der Waals surface area (Å²) in [4.78, 5) is 30.6. The quantitative estimate of drug-likeness (QED) is 0.433. The predicted molar refractivity (Wildman–Crippen MR) is 140 cm³/mol. The lowest BCUT2D eigenvalue weighted by Crippen LogP contribution is -2.53. The molecule has 180 valence electrons. The molecule has 1 saturated carbocycles. The highest BCUT2D eigenvalue weighted by Gasteiger charge is 2.46. The van der Waals surface area contributed by atoms with E-state index in [-0.39, 0.29) is 22.3 Å². The van der Waals surface area contributed by atoms with Crippen LogP contribution in [0.15, 0.2) is 82.4 Å². The number of aliphatic imine (C=N–C) groups is 2. The SMILES string of the molecule is Cc1cc(-c2ccccn2)nc2cc(C3=NC(C4CCC(C(N)=O)CC4)=C4C=NC=C[N+]34N)ccc12. The van der Waals surface area contributed by atoms with E-state index in [1.165, 1.54) is 0 Å². The van der Waals surface area contributed by atoms with E-state index in [0.717, 1.165) is 76.3 Å². The number of aryl methyl sites for hydroxylation is 1. The fourth-order valence-electron chi connectivity index (χ4n) is 5.54. The van der Waals surface area contributed by atoms with Gasteiger partial charge in [-0.3, -0.25) is 14.8 Å². The zero-order valence-corrected chi connectivity index (χ0v) is 20.1. The zero-order chi connectivity index (χ0) is 24.9. The van der Waals surface area contributed by atoms with E-state index in [1.54, 1.807) is 12.4 Å². The highest BCUT2D eigenvalue weighted by Crippen LogP contribution is 2.41. The molecule has 1 aromatic carbocycles. The average molecular weight is 479 g/mol. The number of primary amides is 1. The molecule has 1 fully saturated rings. The Morgan fingerprint density at radius 3 is 2.64 bits per heavy atom. The van der Waals surface area contributed by atoms with Crippen molar-refractivity contribution in [3.63, 3.8) is 0 Å². The molecule has 8 heteroatoms. The first-order chi connectivity index (χ1) is 17.4. The fraction of sp³-hybridized carbons (Fsp3) is 0.250. The fourth-order valence-corrected chi connectivity index (χ4v) is 5.54. The lowest BCUT2D eigenvalue weighted by molar-refractivity contribution is -0.750. The standard InChI is InChI=1S/C28H27N7O/c1-17-14-24(22-4-2-3-11-32-22)33-23-15-20(9-10-21(17)23)28-34-26(25-16-31-12-13-35(25,28)30)18-5-7-19(8-6-18)27(29)36/h2-4,9-16,18-19H,5-8,30H2,1H3,(H-,29,36)/p+1. The number of quaternary nitrogens is 1. The minimum Gasteiger partial charge on any atom is -0.369 e. The first kappa shape index (κ1) is 22.5. The Bertz CT molecular complexity index is 1500. The van der Waals surface area contributed by atoms with Crippen LogP contribution in [0.3, 0.4) is 0 Å². The lowest BCUT2D eigenvalue weighted by Gasteiger charge is -2.28. The maximum atomic E-state index is 11.7. The maximum absolute atomic E-state index is 11.7. The van der Waals surface area contributed by atoms with E-state index in [1.807, 2.05) is 30.6 Å². The second-order valence-corrected chi connectivity index (χ2v) is 9.78. The van der Waals surface area contributed by atoms with E-state index >= 15 is 0 Å². The van der Waals surface area contributed by atoms with Gasteiger partial charge in [0.15, 0.2) is 0 Å². The van der Waals surface area contributed by atoms with Crippen molar-refractivity contribution in [2.75, 3.05) is 0 Å². The number of rotatable bonds is 4. The third kappa shape index (κ3) is 3.66. The van der Waals surface area contributed by atoms with Gasteiger partial charge >= 0.3 is 0 Å². The number of benzene rings is 1. The summed E-state index contributed by atoms with van der Waals surface area (Å²) in [5, 5.41) is 1.08. The summed E-state index contributed by atoms with van der Waals surface area (Å²) in [5.41, 5.74) is 12.0. The molecule has 3 aromatic rings. The van der Waals surface area contributed by atoms with Gasteiger partial charge in [0.25, 0.3) is 5.84 Å². The smallest absolute Gasteiger partial charge is 0.264 e. The van der Waals surface area contributed by atoms with Crippen molar-refractivity contribution in [3.8, 4) is 11.4 Å². The summed E-state index contributed by atoms with van der Waals surface area (Å²) in [7, 11) is 0. The van der Waals surface area contributed by atoms with Gasteiger partial charge in [-0.2, -0.15) is 10.8 Å². The molecule has 0 radical (unpaired) electrons. The van der Waals surface area contributed by atoms with Crippen molar-refractivity contribution in [2.24, 2.45) is 33.4 Å². The summed E-state index contributed by atoms with van der Waals surface area (Å²) in [6.45, 7) is 2.09. The van der Waals surface area contributed by atoms with E-state index in [9.17, 15) is 4.79 Å². The minimum atomic E-state index is -0.211. The molecule has 36 heavy (non-hydrogen) atoms. The molecule has 1 unspecified atom stereocenters. The van der Waals surface area contributed by atoms with Crippen LogP contribution in [0, 0.1) is 18.8 Å². The molecule has 4 heterocycles. The molecule has 1 amide bonds. The Hall–Kier alpha value is -4.01. The van der Waals surface area contributed by atoms with Crippen LogP contribution in [0.5, 0.6) is 0 Å². The van der Waals surface area contributed by atoms with Crippen molar-refractivity contribution in [3.05, 3.63) is 83.6 Å². The number of allylic oxidation sites excluding steroid dienone is 2. The first-order valence-corrected chi connectivity index (χ1v) is 12.3. The predicted octanol–water partition coefficient (Wildman–Crippen LogP) is 4.11. The van der Waals surface area contributed by atoms with Gasteiger partial charge in [0.2, 0.25) is 11.6 Å². The zero-order valence-electron chi connectivity index (χ0n) is 20.1. The molecule has 2 aliphatic heterocycles. The van der Waals surface area contributed by atoms with Crippen LogP contribution in [0.2, 0.25) is 0 Å². The Labute approximate surface area is 209 Å². The number of pyridine rings is 2. The molecule has 0 spiro atoms. The van der Waals surface area contributed by atoms with Crippen LogP contribution in [-0.4, -0.2) is 32.5 Å². The van der Waals surface area contributed by atoms with Crippen molar-refractivity contribution >= 4 is 28.9 Å². The molecule has 3 aliphatic rings. The van der Waals surface area contributed by atoms with Gasteiger partial charge in [-0.1, -0.05) is 12.1 Å². The van der Waals surface area contributed by atoms with Gasteiger partial charge in [0.05, 0.1) is 34.9 Å². The number of amides is 1. The number of nitrogens with zero attached hydrogens (tertiary/aromatic N) is 5. The third-order valence-corrected chi connectivity index (χ3v) is 7.54. The number of nitrogens with two attached hydrogens (primary N) is 2. The summed E-state index contributed by atoms with van der Waals surface area (Å²) in [5.74, 6) is 7.66. The van der Waals surface area contributed by atoms with Gasteiger partial charge in [-0.25, -0.2) is 4.98 Å². The average Bonchev–Trinajstić information content (AvgIpc) is 3.22. The van der Waals surface area contributed by atoms with E-state index in [0.29, 0.717) is 0 Å². The van der Waals surface area contributed by atoms with Crippen molar-refractivity contribution in [1.82, 2.24) is 9.97 Å². The second kappa shape index (κ2) is 8.58. The van der Waals surface area contributed by atoms with Crippen LogP contribution in [0.25, 0.3) is 22.3 Å². The molecule has 6 rings (SSSR count). The third-order valence-electron chi connectivity index (χ3n) is 7.54. The van der Waals surface area contributed by atoms with Gasteiger partial charge in [0, 0.05) is 23.4 Å². The molecule has 2 aromatic heterocycles. The topological polar surface area (TPSA) is 120 Å². The van der Waals surface area contributed by atoms with Crippen LogP contribution in [-0.2, 0) is 4.79 Å². The number of carbonyl (C=O) groups excluding carboxylic acids is 1. The number of hydrogen-bond acceptors (Lipinski definition) is 6. The number of carbonyl (C=O) groups is 1. The lowest BCUT2D eigenvalue weighted by atomic mass is 9.80. The number of hydrogen-bond donors (Lipinski definition) is 2. The largest absolute Gasteiger partial charge is 0.369 e. The number of aromatic nitrogens is 2. The molecule has 0 saturated heterocycles. The number of fused-ring (bicyclic) bond motifs is 2. The Balaban J connectivity index is 1.41. The summed E-state index contributed by atoms with van der Waals surface area (Å²) in [6.07, 6.45) is 10.4. The van der Waals surface area contributed by atoms with Crippen LogP contribution in [0.1, 0.15) is 36.8 Å². The first-order valence-electron chi connectivity index (χ1n) is 12.3. The highest BCUT2D eigenvalue weighted by molar-refractivity contribution is 6.03. The molecule has 4 N–H and O–H groups in total.